The highest BCUT2D eigenvalue weighted by Gasteiger charge is 2.22. The summed E-state index contributed by atoms with van der Waals surface area (Å²) in [6.45, 7) is 3.29. The lowest BCUT2D eigenvalue weighted by Crippen LogP contribution is -2.31. The summed E-state index contributed by atoms with van der Waals surface area (Å²) in [4.78, 5) is 27.3. The maximum Gasteiger partial charge on any atom is 0.312 e. The topological polar surface area (TPSA) is 92.4 Å². The van der Waals surface area contributed by atoms with E-state index in [1.54, 1.807) is 38.1 Å². The third-order valence-corrected chi connectivity index (χ3v) is 3.08. The van der Waals surface area contributed by atoms with Crippen molar-refractivity contribution in [3.8, 4) is 0 Å². The zero-order chi connectivity index (χ0) is 15.4. The second-order valence-corrected chi connectivity index (χ2v) is 4.66. The van der Waals surface area contributed by atoms with Crippen molar-refractivity contribution >= 4 is 11.9 Å². The predicted molar refractivity (Wildman–Crippen MR) is 75.1 cm³/mol. The van der Waals surface area contributed by atoms with Gasteiger partial charge in [0.2, 0.25) is 5.76 Å². The molecule has 6 heteroatoms. The predicted octanol–water partition coefficient (Wildman–Crippen LogP) is 1.89. The molecule has 0 fully saturated rings. The molecule has 2 aromatic rings. The van der Waals surface area contributed by atoms with Crippen LogP contribution in [-0.2, 0) is 4.79 Å². The lowest BCUT2D eigenvalue weighted by atomic mass is 9.99. The first-order valence-electron chi connectivity index (χ1n) is 6.49. The Kier molecular flexibility index (Phi) is 4.37. The summed E-state index contributed by atoms with van der Waals surface area (Å²) in [6.07, 6.45) is 0. The van der Waals surface area contributed by atoms with Crippen LogP contribution in [0.5, 0.6) is 0 Å². The third-order valence-electron chi connectivity index (χ3n) is 3.08. The van der Waals surface area contributed by atoms with Gasteiger partial charge in [0, 0.05) is 13.5 Å². The molecule has 1 aromatic heterocycles. The molecule has 1 aromatic carbocycles. The van der Waals surface area contributed by atoms with Crippen molar-refractivity contribution in [1.82, 2.24) is 10.3 Å². The fourth-order valence-corrected chi connectivity index (χ4v) is 2.05. The van der Waals surface area contributed by atoms with Crippen LogP contribution < -0.4 is 5.32 Å². The molecule has 0 aliphatic rings. The highest BCUT2D eigenvalue weighted by atomic mass is 16.4. The first kappa shape index (κ1) is 14.8. The molecule has 2 rings (SSSR count). The summed E-state index contributed by atoms with van der Waals surface area (Å²) in [6, 6.07) is 8.76. The van der Waals surface area contributed by atoms with E-state index in [1.807, 2.05) is 6.07 Å². The second-order valence-electron chi connectivity index (χ2n) is 4.66. The molecule has 0 bridgehead atoms. The van der Waals surface area contributed by atoms with Gasteiger partial charge in [-0.15, -0.1) is 0 Å². The molecule has 0 saturated carbocycles. The van der Waals surface area contributed by atoms with Crippen LogP contribution in [-0.4, -0.2) is 28.5 Å². The fraction of sp³-hybridized carbons (Fsp3) is 0.267. The lowest BCUT2D eigenvalue weighted by Gasteiger charge is -2.13. The summed E-state index contributed by atoms with van der Waals surface area (Å²) in [5, 5.41) is 11.9. The molecular formula is C15H16N2O4. The monoisotopic (exact) mass is 288 g/mol. The molecule has 1 atom stereocenters. The van der Waals surface area contributed by atoms with Gasteiger partial charge < -0.3 is 14.8 Å². The van der Waals surface area contributed by atoms with Gasteiger partial charge in [-0.3, -0.25) is 9.59 Å². The first-order valence-corrected chi connectivity index (χ1v) is 6.49. The Balaban J connectivity index is 2.08. The number of aliphatic carboxylic acids is 1. The number of amides is 1. The summed E-state index contributed by atoms with van der Waals surface area (Å²) < 4.78 is 5.20. The van der Waals surface area contributed by atoms with Crippen LogP contribution in [0.2, 0.25) is 0 Å². The molecule has 0 saturated heterocycles. The van der Waals surface area contributed by atoms with Gasteiger partial charge in [-0.05, 0) is 12.5 Å². The van der Waals surface area contributed by atoms with Gasteiger partial charge in [0.05, 0.1) is 11.6 Å². The number of carbonyl (C=O) groups excluding carboxylic acids is 1. The minimum Gasteiger partial charge on any atom is -0.481 e. The lowest BCUT2D eigenvalue weighted by molar-refractivity contribution is -0.138. The van der Waals surface area contributed by atoms with Crippen molar-refractivity contribution in [2.45, 2.75) is 19.8 Å². The van der Waals surface area contributed by atoms with Crippen molar-refractivity contribution < 1.29 is 19.1 Å². The van der Waals surface area contributed by atoms with E-state index in [9.17, 15) is 14.7 Å². The highest BCUT2D eigenvalue weighted by Crippen LogP contribution is 2.15. The average Bonchev–Trinajstić information content (AvgIpc) is 2.78. The van der Waals surface area contributed by atoms with Crippen LogP contribution >= 0.6 is 0 Å². The molecule has 1 heterocycles. The number of rotatable bonds is 5. The van der Waals surface area contributed by atoms with Crippen molar-refractivity contribution in [3.05, 3.63) is 53.2 Å². The number of carboxylic acids is 1. The van der Waals surface area contributed by atoms with Gasteiger partial charge >= 0.3 is 5.97 Å². The van der Waals surface area contributed by atoms with E-state index in [4.69, 9.17) is 4.42 Å². The minimum atomic E-state index is -0.994. The smallest absolute Gasteiger partial charge is 0.312 e. The van der Waals surface area contributed by atoms with Gasteiger partial charge in [0.1, 0.15) is 0 Å². The Bertz CT molecular complexity index is 649. The molecule has 1 unspecified atom stereocenters. The Hall–Kier alpha value is -2.63. The number of carbonyl (C=O) groups is 2. The number of carboxylic acid groups (broad SMARTS) is 1. The summed E-state index contributed by atoms with van der Waals surface area (Å²) in [7, 11) is 0. The van der Waals surface area contributed by atoms with Gasteiger partial charge in [0.25, 0.3) is 5.91 Å². The number of nitrogens with zero attached hydrogens (tertiary/aromatic N) is 1. The quantitative estimate of drug-likeness (QED) is 0.876. The number of hydrogen-bond donors (Lipinski definition) is 2. The molecule has 0 aliphatic heterocycles. The Morgan fingerprint density at radius 2 is 1.95 bits per heavy atom. The fourth-order valence-electron chi connectivity index (χ4n) is 2.05. The maximum atomic E-state index is 12.0. The van der Waals surface area contributed by atoms with E-state index in [0.717, 1.165) is 0 Å². The van der Waals surface area contributed by atoms with Crippen molar-refractivity contribution in [1.29, 1.82) is 0 Å². The number of benzene rings is 1. The van der Waals surface area contributed by atoms with E-state index in [2.05, 4.69) is 10.3 Å². The Morgan fingerprint density at radius 3 is 2.48 bits per heavy atom. The standard InChI is InChI=1S/C15H16N2O4/c1-9-13(21-10(2)17-9)14(18)16-8-12(15(19)20)11-6-4-3-5-7-11/h3-7,12H,8H2,1-2H3,(H,16,18)(H,19,20). The number of nitrogens with one attached hydrogen (secondary N) is 1. The minimum absolute atomic E-state index is 0.0165. The molecular weight excluding hydrogens is 272 g/mol. The normalized spacial score (nSPS) is 11.9. The summed E-state index contributed by atoms with van der Waals surface area (Å²) >= 11 is 0. The zero-order valence-corrected chi connectivity index (χ0v) is 11.8. The molecule has 0 spiro atoms. The molecule has 6 nitrogen and oxygen atoms in total. The largest absolute Gasteiger partial charge is 0.481 e. The van der Waals surface area contributed by atoms with E-state index in [1.165, 1.54) is 0 Å². The number of aryl methyl sites for hydroxylation is 2. The van der Waals surface area contributed by atoms with E-state index < -0.39 is 17.8 Å². The van der Waals surface area contributed by atoms with Gasteiger partial charge in [0.15, 0.2) is 5.89 Å². The van der Waals surface area contributed by atoms with Crippen molar-refractivity contribution in [2.75, 3.05) is 6.54 Å². The van der Waals surface area contributed by atoms with Crippen LogP contribution in [0.15, 0.2) is 34.7 Å². The van der Waals surface area contributed by atoms with E-state index in [-0.39, 0.29) is 12.3 Å². The summed E-state index contributed by atoms with van der Waals surface area (Å²) in [5.74, 6) is -1.75. The van der Waals surface area contributed by atoms with Crippen molar-refractivity contribution in [2.24, 2.45) is 0 Å². The van der Waals surface area contributed by atoms with Crippen LogP contribution in [0.25, 0.3) is 0 Å². The van der Waals surface area contributed by atoms with Crippen molar-refractivity contribution in [3.63, 3.8) is 0 Å². The molecule has 0 aliphatic carbocycles. The molecule has 2 N–H and O–H groups in total. The average molecular weight is 288 g/mol. The van der Waals surface area contributed by atoms with Gasteiger partial charge in [-0.2, -0.15) is 0 Å². The number of oxazole rings is 1. The van der Waals surface area contributed by atoms with Crippen LogP contribution in [0.3, 0.4) is 0 Å². The number of aromatic nitrogens is 1. The molecule has 1 amide bonds. The van der Waals surface area contributed by atoms with E-state index >= 15 is 0 Å². The second kappa shape index (κ2) is 6.21. The van der Waals surface area contributed by atoms with Crippen LogP contribution in [0.1, 0.15) is 33.6 Å². The zero-order valence-electron chi connectivity index (χ0n) is 11.8. The van der Waals surface area contributed by atoms with E-state index in [0.29, 0.717) is 17.1 Å². The third kappa shape index (κ3) is 3.47. The van der Waals surface area contributed by atoms with Gasteiger partial charge in [-0.1, -0.05) is 30.3 Å². The summed E-state index contributed by atoms with van der Waals surface area (Å²) in [5.41, 5.74) is 1.12. The number of hydrogen-bond acceptors (Lipinski definition) is 4. The Labute approximate surface area is 121 Å². The SMILES string of the molecule is Cc1nc(C)c(C(=O)NCC(C(=O)O)c2ccccc2)o1. The molecule has 110 valence electrons. The molecule has 0 radical (unpaired) electrons. The first-order chi connectivity index (χ1) is 9.99. The van der Waals surface area contributed by atoms with Gasteiger partial charge in [-0.25, -0.2) is 4.98 Å². The highest BCUT2D eigenvalue weighted by molar-refractivity contribution is 5.92. The van der Waals surface area contributed by atoms with Crippen LogP contribution in [0.4, 0.5) is 0 Å². The maximum absolute atomic E-state index is 12.0. The molecule has 21 heavy (non-hydrogen) atoms. The Morgan fingerprint density at radius 1 is 1.29 bits per heavy atom. The van der Waals surface area contributed by atoms with Crippen LogP contribution in [0, 0.1) is 13.8 Å².